The highest BCUT2D eigenvalue weighted by atomic mass is 35.5. The molecule has 3 aromatic carbocycles. The molecule has 14 heteroatoms. The van der Waals surface area contributed by atoms with Crippen LogP contribution in [0.25, 0.3) is 6.08 Å². The molecule has 0 N–H and O–H groups in total. The van der Waals surface area contributed by atoms with Gasteiger partial charge in [0.2, 0.25) is 0 Å². The zero-order valence-electron chi connectivity index (χ0n) is 18.8. The number of esters is 1. The molecular formula is C24H13Cl2N3O8S. The lowest BCUT2D eigenvalue weighted by atomic mass is 10.1. The van der Waals surface area contributed by atoms with Gasteiger partial charge in [-0.1, -0.05) is 41.4 Å². The van der Waals surface area contributed by atoms with E-state index in [9.17, 15) is 34.6 Å². The molecule has 0 unspecified atom stereocenters. The molecule has 192 valence electrons. The number of rotatable bonds is 7. The molecule has 0 aromatic heterocycles. The first-order valence-corrected chi connectivity index (χ1v) is 12.0. The van der Waals surface area contributed by atoms with Gasteiger partial charge < -0.3 is 4.74 Å². The molecule has 1 heterocycles. The van der Waals surface area contributed by atoms with Gasteiger partial charge in [0.05, 0.1) is 32.9 Å². The van der Waals surface area contributed by atoms with Crippen molar-refractivity contribution in [3.05, 3.63) is 113 Å². The molecule has 1 aliphatic heterocycles. The first-order chi connectivity index (χ1) is 18.0. The molecule has 0 radical (unpaired) electrons. The van der Waals surface area contributed by atoms with Gasteiger partial charge in [0.1, 0.15) is 5.75 Å². The Bertz CT molecular complexity index is 1510. The third kappa shape index (κ3) is 5.99. The number of halogens is 2. The minimum absolute atomic E-state index is 0.0251. The van der Waals surface area contributed by atoms with Gasteiger partial charge in [-0.25, -0.2) is 4.79 Å². The van der Waals surface area contributed by atoms with E-state index in [0.29, 0.717) is 21.2 Å². The lowest BCUT2D eigenvalue weighted by Gasteiger charge is -2.13. The van der Waals surface area contributed by atoms with Gasteiger partial charge in [-0.3, -0.25) is 34.7 Å². The van der Waals surface area contributed by atoms with E-state index in [2.05, 4.69) is 0 Å². The standard InChI is InChI=1S/C24H13Cl2N3O8S/c25-16-4-3-14(20(26)10-16)12-27-22(30)21(38-24(27)32)7-13-1-5-19(6-2-13)37-23(31)15-8-17(28(33)34)11-18(9-15)29(35)36/h1-11H,12H2/b21-7-. The Morgan fingerprint density at radius 2 is 1.58 bits per heavy atom. The molecule has 4 rings (SSSR count). The van der Waals surface area contributed by atoms with Gasteiger partial charge in [0, 0.05) is 22.2 Å². The van der Waals surface area contributed by atoms with Gasteiger partial charge in [0.15, 0.2) is 0 Å². The maximum atomic E-state index is 12.8. The van der Waals surface area contributed by atoms with Crippen molar-refractivity contribution in [1.82, 2.24) is 4.90 Å². The normalized spacial score (nSPS) is 14.2. The fourth-order valence-electron chi connectivity index (χ4n) is 3.33. The van der Waals surface area contributed by atoms with E-state index in [-0.39, 0.29) is 22.8 Å². The summed E-state index contributed by atoms with van der Waals surface area (Å²) in [5.41, 5.74) is -0.558. The van der Waals surface area contributed by atoms with E-state index in [0.717, 1.165) is 34.9 Å². The summed E-state index contributed by atoms with van der Waals surface area (Å²) in [5.74, 6) is -1.49. The Morgan fingerprint density at radius 1 is 0.947 bits per heavy atom. The van der Waals surface area contributed by atoms with Crippen LogP contribution in [0.5, 0.6) is 5.75 Å². The average Bonchev–Trinajstić information content (AvgIpc) is 3.13. The first-order valence-electron chi connectivity index (χ1n) is 10.5. The van der Waals surface area contributed by atoms with Crippen LogP contribution in [0.1, 0.15) is 21.5 Å². The summed E-state index contributed by atoms with van der Waals surface area (Å²) in [6, 6.07) is 13.1. The molecule has 0 bridgehead atoms. The molecule has 1 aliphatic rings. The monoisotopic (exact) mass is 573 g/mol. The van der Waals surface area contributed by atoms with Crippen molar-refractivity contribution in [1.29, 1.82) is 0 Å². The minimum atomic E-state index is -1.04. The van der Waals surface area contributed by atoms with Crippen molar-refractivity contribution < 1.29 is 29.0 Å². The van der Waals surface area contributed by atoms with Crippen LogP contribution in [0.3, 0.4) is 0 Å². The number of nitro groups is 2. The Balaban J connectivity index is 1.47. The number of non-ortho nitro benzene ring substituents is 2. The van der Waals surface area contributed by atoms with Crippen LogP contribution < -0.4 is 4.74 Å². The predicted molar refractivity (Wildman–Crippen MR) is 139 cm³/mol. The Morgan fingerprint density at radius 3 is 2.16 bits per heavy atom. The minimum Gasteiger partial charge on any atom is -0.423 e. The van der Waals surface area contributed by atoms with Crippen LogP contribution in [-0.2, 0) is 11.3 Å². The van der Waals surface area contributed by atoms with Crippen molar-refractivity contribution in [2.24, 2.45) is 0 Å². The third-order valence-electron chi connectivity index (χ3n) is 5.17. The summed E-state index contributed by atoms with van der Waals surface area (Å²) >= 11 is 12.8. The maximum absolute atomic E-state index is 12.8. The number of hydrogen-bond acceptors (Lipinski definition) is 9. The summed E-state index contributed by atoms with van der Waals surface area (Å²) in [7, 11) is 0. The number of nitrogens with zero attached hydrogens (tertiary/aromatic N) is 3. The van der Waals surface area contributed by atoms with E-state index < -0.39 is 38.3 Å². The van der Waals surface area contributed by atoms with E-state index in [1.165, 1.54) is 36.4 Å². The van der Waals surface area contributed by atoms with Gasteiger partial charge in [-0.2, -0.15) is 0 Å². The third-order valence-corrected chi connectivity index (χ3v) is 6.66. The zero-order valence-corrected chi connectivity index (χ0v) is 21.2. The number of carbonyl (C=O) groups is 3. The molecule has 0 spiro atoms. The van der Waals surface area contributed by atoms with E-state index in [1.807, 2.05) is 0 Å². The molecule has 3 aromatic rings. The Hall–Kier alpha value is -4.26. The number of carbonyl (C=O) groups excluding carboxylic acids is 3. The van der Waals surface area contributed by atoms with Crippen molar-refractivity contribution in [2.75, 3.05) is 0 Å². The molecule has 38 heavy (non-hydrogen) atoms. The number of thioether (sulfide) groups is 1. The van der Waals surface area contributed by atoms with E-state index in [4.69, 9.17) is 27.9 Å². The number of imide groups is 1. The second-order valence-corrected chi connectivity index (χ2v) is 9.55. The highest BCUT2D eigenvalue weighted by Gasteiger charge is 2.35. The van der Waals surface area contributed by atoms with Crippen LogP contribution >= 0.6 is 35.0 Å². The summed E-state index contributed by atoms with van der Waals surface area (Å²) < 4.78 is 5.17. The average molecular weight is 574 g/mol. The zero-order chi connectivity index (χ0) is 27.6. The number of nitro benzene ring substituents is 2. The second-order valence-electron chi connectivity index (χ2n) is 7.71. The van der Waals surface area contributed by atoms with E-state index in [1.54, 1.807) is 12.1 Å². The largest absolute Gasteiger partial charge is 0.423 e. The predicted octanol–water partition coefficient (Wildman–Crippen LogP) is 6.27. The summed E-state index contributed by atoms with van der Waals surface area (Å²) in [6.45, 7) is -0.0251. The Labute approximate surface area is 227 Å². The van der Waals surface area contributed by atoms with Crippen molar-refractivity contribution in [2.45, 2.75) is 6.54 Å². The van der Waals surface area contributed by atoms with E-state index >= 15 is 0 Å². The number of hydrogen-bond donors (Lipinski definition) is 0. The lowest BCUT2D eigenvalue weighted by Crippen LogP contribution is -2.27. The fraction of sp³-hybridized carbons (Fsp3) is 0.0417. The molecule has 1 saturated heterocycles. The van der Waals surface area contributed by atoms with Crippen LogP contribution in [0, 0.1) is 20.2 Å². The molecule has 0 atom stereocenters. The van der Waals surface area contributed by atoms with Crippen molar-refractivity contribution >= 4 is 69.5 Å². The van der Waals surface area contributed by atoms with Crippen molar-refractivity contribution in [3.8, 4) is 5.75 Å². The topological polar surface area (TPSA) is 150 Å². The first kappa shape index (κ1) is 26.8. The van der Waals surface area contributed by atoms with Crippen LogP contribution in [-0.4, -0.2) is 31.9 Å². The highest BCUT2D eigenvalue weighted by Crippen LogP contribution is 2.35. The molecule has 0 aliphatic carbocycles. The van der Waals surface area contributed by atoms with Crippen LogP contribution in [0.15, 0.2) is 65.6 Å². The number of benzene rings is 3. The number of ether oxygens (including phenoxy) is 1. The van der Waals surface area contributed by atoms with Crippen LogP contribution in [0.2, 0.25) is 10.0 Å². The van der Waals surface area contributed by atoms with Gasteiger partial charge in [0.25, 0.3) is 22.5 Å². The maximum Gasteiger partial charge on any atom is 0.344 e. The molecule has 0 saturated carbocycles. The summed E-state index contributed by atoms with van der Waals surface area (Å²) in [4.78, 5) is 59.3. The Kier molecular flexibility index (Phi) is 7.76. The molecular weight excluding hydrogens is 561 g/mol. The van der Waals surface area contributed by atoms with Gasteiger partial charge >= 0.3 is 5.97 Å². The second kappa shape index (κ2) is 11.0. The quantitative estimate of drug-likeness (QED) is 0.105. The molecule has 1 fully saturated rings. The van der Waals surface area contributed by atoms with Crippen LogP contribution in [0.4, 0.5) is 16.2 Å². The highest BCUT2D eigenvalue weighted by molar-refractivity contribution is 8.18. The lowest BCUT2D eigenvalue weighted by molar-refractivity contribution is -0.394. The fourth-order valence-corrected chi connectivity index (χ4v) is 4.64. The smallest absolute Gasteiger partial charge is 0.344 e. The SMILES string of the molecule is O=C(Oc1ccc(/C=C2\SC(=O)N(Cc3ccc(Cl)cc3Cl)C2=O)cc1)c1cc([N+](=O)[O-])cc([N+](=O)[O-])c1. The van der Waals surface area contributed by atoms with Crippen molar-refractivity contribution in [3.63, 3.8) is 0 Å². The summed E-state index contributed by atoms with van der Waals surface area (Å²) in [5, 5.41) is 22.4. The molecule has 11 nitrogen and oxygen atoms in total. The number of amides is 2. The van der Waals surface area contributed by atoms with Gasteiger partial charge in [-0.05, 0) is 53.2 Å². The van der Waals surface area contributed by atoms with Gasteiger partial charge in [-0.15, -0.1) is 0 Å². The molecule has 2 amide bonds. The summed E-state index contributed by atoms with van der Waals surface area (Å²) in [6.07, 6.45) is 1.49.